The van der Waals surface area contributed by atoms with Crippen LogP contribution in [0.25, 0.3) is 0 Å². The van der Waals surface area contributed by atoms with Gasteiger partial charge in [-0.2, -0.15) is 9.90 Å². The van der Waals surface area contributed by atoms with Crippen molar-refractivity contribution in [2.45, 2.75) is 115 Å². The van der Waals surface area contributed by atoms with Crippen molar-refractivity contribution in [1.82, 2.24) is 0 Å². The average molecular weight is 381 g/mol. The fourth-order valence-electron chi connectivity index (χ4n) is 2.63. The predicted octanol–water partition coefficient (Wildman–Crippen LogP) is 7.95. The average Bonchev–Trinajstić information content (AvgIpc) is 2.38. The lowest BCUT2D eigenvalue weighted by molar-refractivity contribution is 0.413. The van der Waals surface area contributed by atoms with Crippen molar-refractivity contribution in [3.63, 3.8) is 0 Å². The number of hydrogen-bond acceptors (Lipinski definition) is 0. The van der Waals surface area contributed by atoms with Gasteiger partial charge in [0.25, 0.3) is 0 Å². The van der Waals surface area contributed by atoms with Crippen LogP contribution in [0.1, 0.15) is 111 Å². The van der Waals surface area contributed by atoms with E-state index >= 15 is 0 Å². The molecule has 0 aromatic rings. The summed E-state index contributed by atoms with van der Waals surface area (Å²) >= 11 is 3.78. The molecule has 0 heterocycles. The van der Waals surface area contributed by atoms with Gasteiger partial charge in [-0.3, -0.25) is 0 Å². The number of unbranched alkanes of at least 4 members (excludes halogenated alkanes) is 11. The van der Waals surface area contributed by atoms with E-state index in [-0.39, 0.29) is 9.90 Å². The minimum Gasteiger partial charge on any atom is -0.153 e. The molecule has 0 aliphatic carbocycles. The van der Waals surface area contributed by atoms with Gasteiger partial charge in [-0.1, -0.05) is 107 Å². The molecule has 2 unspecified atom stereocenters. The molecule has 0 fully saturated rings. The molecule has 0 spiro atoms. The van der Waals surface area contributed by atoms with E-state index in [0.29, 0.717) is 4.32 Å². The summed E-state index contributed by atoms with van der Waals surface area (Å²) in [6, 6.07) is 0. The third-order valence-electron chi connectivity index (χ3n) is 4.66. The summed E-state index contributed by atoms with van der Waals surface area (Å²) in [5.74, 6) is 0.783. The number of hydrogen-bond donors (Lipinski definition) is 0. The monoisotopic (exact) mass is 380 g/mol. The van der Waals surface area contributed by atoms with E-state index in [9.17, 15) is 0 Å². The van der Waals surface area contributed by atoms with Gasteiger partial charge < -0.3 is 0 Å². The van der Waals surface area contributed by atoms with Crippen LogP contribution in [0.4, 0.5) is 0 Å². The highest BCUT2D eigenvalue weighted by molar-refractivity contribution is 9.10. The first-order chi connectivity index (χ1) is 9.48. The fraction of sp³-hybridized carbons (Fsp3) is 1.00. The second-order valence-electron chi connectivity index (χ2n) is 7.14. The van der Waals surface area contributed by atoms with Crippen molar-refractivity contribution >= 4 is 25.8 Å². The molecule has 0 aliphatic rings. The molecule has 0 N–H and O–H groups in total. The Morgan fingerprint density at radius 1 is 0.714 bits per heavy atom. The fourth-order valence-corrected chi connectivity index (χ4v) is 2.86. The zero-order valence-corrected chi connectivity index (χ0v) is 18.4. The largest absolute Gasteiger partial charge is 0.153 e. The number of halogens is 1. The molecule has 0 amide bonds. The van der Waals surface area contributed by atoms with E-state index < -0.39 is 0 Å². The number of rotatable bonds is 14. The summed E-state index contributed by atoms with van der Waals surface area (Å²) in [5, 5.41) is 0. The van der Waals surface area contributed by atoms with Gasteiger partial charge in [0.1, 0.15) is 0 Å². The Hall–Kier alpha value is 0.910. The SMILES string of the molecule is CCCCCCCCCCCCCCC(C)C(C)(C)Br.P. The maximum Gasteiger partial charge on any atom is 0.0227 e. The van der Waals surface area contributed by atoms with Crippen molar-refractivity contribution in [3.05, 3.63) is 0 Å². The van der Waals surface area contributed by atoms with Crippen LogP contribution in [0, 0.1) is 5.92 Å². The smallest absolute Gasteiger partial charge is 0.0227 e. The highest BCUT2D eigenvalue weighted by Crippen LogP contribution is 2.30. The number of alkyl halides is 1. The van der Waals surface area contributed by atoms with E-state index in [1.165, 1.54) is 83.5 Å². The maximum absolute atomic E-state index is 3.78. The summed E-state index contributed by atoms with van der Waals surface area (Å²) < 4.78 is 0.310. The Kier molecular flexibility index (Phi) is 18.2. The third-order valence-corrected chi connectivity index (χ3v) is 5.44. The molecule has 0 aromatic heterocycles. The van der Waals surface area contributed by atoms with Crippen molar-refractivity contribution in [1.29, 1.82) is 0 Å². The van der Waals surface area contributed by atoms with Crippen LogP contribution in [0.3, 0.4) is 0 Å². The molecule has 0 radical (unpaired) electrons. The zero-order valence-electron chi connectivity index (χ0n) is 15.4. The quantitative estimate of drug-likeness (QED) is 0.163. The van der Waals surface area contributed by atoms with E-state index in [2.05, 4.69) is 43.6 Å². The summed E-state index contributed by atoms with van der Waals surface area (Å²) in [6.07, 6.45) is 18.7. The highest BCUT2D eigenvalue weighted by Gasteiger charge is 2.20. The first kappa shape index (κ1) is 24.2. The van der Waals surface area contributed by atoms with Gasteiger partial charge in [0.05, 0.1) is 0 Å². The van der Waals surface area contributed by atoms with Gasteiger partial charge in [-0.25, -0.2) is 0 Å². The van der Waals surface area contributed by atoms with Crippen LogP contribution in [-0.2, 0) is 0 Å². The maximum atomic E-state index is 3.78. The van der Waals surface area contributed by atoms with Crippen LogP contribution in [-0.4, -0.2) is 4.32 Å². The van der Waals surface area contributed by atoms with Crippen molar-refractivity contribution in [2.24, 2.45) is 5.92 Å². The van der Waals surface area contributed by atoms with Crippen LogP contribution < -0.4 is 0 Å². The normalized spacial score (nSPS) is 13.0. The Morgan fingerprint density at radius 2 is 1.05 bits per heavy atom. The van der Waals surface area contributed by atoms with E-state index in [4.69, 9.17) is 0 Å². The van der Waals surface area contributed by atoms with Crippen molar-refractivity contribution in [3.8, 4) is 0 Å². The molecular weight excluding hydrogens is 339 g/mol. The molecule has 0 nitrogen and oxygen atoms in total. The lowest BCUT2D eigenvalue weighted by Crippen LogP contribution is -2.20. The van der Waals surface area contributed by atoms with Gasteiger partial charge in [-0.15, -0.1) is 0 Å². The van der Waals surface area contributed by atoms with Gasteiger partial charge in [0.15, 0.2) is 0 Å². The Morgan fingerprint density at radius 3 is 1.38 bits per heavy atom. The minimum atomic E-state index is 0. The second-order valence-corrected chi connectivity index (χ2v) is 9.19. The van der Waals surface area contributed by atoms with E-state index in [1.807, 2.05) is 0 Å². The summed E-state index contributed by atoms with van der Waals surface area (Å²) in [5.41, 5.74) is 0. The van der Waals surface area contributed by atoms with Crippen LogP contribution in [0.15, 0.2) is 0 Å². The molecular formula is C19H42BrP. The first-order valence-electron chi connectivity index (χ1n) is 9.17. The summed E-state index contributed by atoms with van der Waals surface area (Å²) in [4.78, 5) is 0. The molecule has 0 saturated carbocycles. The van der Waals surface area contributed by atoms with Crippen LogP contribution >= 0.6 is 25.8 Å². The molecule has 130 valence electrons. The lowest BCUT2D eigenvalue weighted by atomic mass is 9.92. The van der Waals surface area contributed by atoms with Gasteiger partial charge in [0, 0.05) is 4.32 Å². The zero-order chi connectivity index (χ0) is 15.3. The predicted molar refractivity (Wildman–Crippen MR) is 109 cm³/mol. The molecule has 0 aromatic carbocycles. The second kappa shape index (κ2) is 15.8. The molecule has 0 saturated heterocycles. The Labute approximate surface area is 147 Å². The van der Waals surface area contributed by atoms with Gasteiger partial charge >= 0.3 is 0 Å². The molecule has 0 aliphatic heterocycles. The van der Waals surface area contributed by atoms with Crippen molar-refractivity contribution in [2.75, 3.05) is 0 Å². The molecule has 21 heavy (non-hydrogen) atoms. The van der Waals surface area contributed by atoms with Crippen LogP contribution in [0.5, 0.6) is 0 Å². The molecule has 0 bridgehead atoms. The highest BCUT2D eigenvalue weighted by atomic mass is 79.9. The standard InChI is InChI=1S/C19H39Br.H3P/c1-5-6-7-8-9-10-11-12-13-14-15-16-17-18(2)19(3,4)20;/h18H,5-17H2,1-4H3;1H3. The first-order valence-corrected chi connectivity index (χ1v) is 9.96. The minimum absolute atomic E-state index is 0. The van der Waals surface area contributed by atoms with E-state index in [0.717, 1.165) is 5.92 Å². The Balaban J connectivity index is 0. The summed E-state index contributed by atoms with van der Waals surface area (Å²) in [7, 11) is 0. The topological polar surface area (TPSA) is 0 Å². The molecule has 2 heteroatoms. The van der Waals surface area contributed by atoms with E-state index in [1.54, 1.807) is 0 Å². The molecule has 2 atom stereocenters. The third kappa shape index (κ3) is 17.1. The Bertz CT molecular complexity index is 198. The van der Waals surface area contributed by atoms with Gasteiger partial charge in [0.2, 0.25) is 0 Å². The molecule has 0 rings (SSSR count). The van der Waals surface area contributed by atoms with Gasteiger partial charge in [-0.05, 0) is 26.2 Å². The van der Waals surface area contributed by atoms with Crippen molar-refractivity contribution < 1.29 is 0 Å². The summed E-state index contributed by atoms with van der Waals surface area (Å²) in [6.45, 7) is 9.24. The lowest BCUT2D eigenvalue weighted by Gasteiger charge is -2.25. The van der Waals surface area contributed by atoms with Crippen LogP contribution in [0.2, 0.25) is 0 Å².